The molecule has 0 fully saturated rings. The Morgan fingerprint density at radius 3 is 1.38 bits per heavy atom. The van der Waals surface area contributed by atoms with Crippen LogP contribution in [0.1, 0.15) is 83.1 Å². The van der Waals surface area contributed by atoms with Crippen LogP contribution in [0.4, 0.5) is 11.4 Å². The molecule has 0 N–H and O–H groups in total. The first-order valence-electron chi connectivity index (χ1n) is 18.7. The number of rotatable bonds is 6. The highest BCUT2D eigenvalue weighted by Crippen LogP contribution is 2.42. The second-order valence-corrected chi connectivity index (χ2v) is 18.7. The number of azo groups is 2. The molecular formula is C48H53ClN4O2. The van der Waals surface area contributed by atoms with Crippen molar-refractivity contribution in [2.45, 2.75) is 83.1 Å². The van der Waals surface area contributed by atoms with Gasteiger partial charge in [0, 0.05) is 22.3 Å². The minimum Gasteiger partial charge on any atom is -0.289 e. The maximum atomic E-state index is 13.4. The van der Waals surface area contributed by atoms with Gasteiger partial charge in [0.05, 0.1) is 23.1 Å². The zero-order chi connectivity index (χ0) is 40.5. The monoisotopic (exact) mass is 752 g/mol. The number of carbonyl (C=O) groups excluding carboxylic acids is 2. The normalized spacial score (nSPS) is 16.0. The summed E-state index contributed by atoms with van der Waals surface area (Å²) in [6.45, 7) is 24.6. The topological polar surface area (TPSA) is 83.6 Å². The van der Waals surface area contributed by atoms with E-state index >= 15 is 0 Å². The molecule has 0 bridgehead atoms. The standard InChI is InChI=1S/C48H53ClN4O2/c1-45(2,3)37-22-30(23-38(43(37)54)46(4,5)6)28-50-52-34-19-20-35(36(27-34)32-16-14-13-15-17-32)33-18-21-42(41(49)26-33)53-51-29-31-24-39(47(7,8)9)44(55)40(25-31)48(10,11)12/h13-29H,1-12H3. The Kier molecular flexibility index (Phi) is 11.6. The van der Waals surface area contributed by atoms with Crippen LogP contribution in [0.15, 0.2) is 157 Å². The van der Waals surface area contributed by atoms with Crippen LogP contribution in [0.2, 0.25) is 5.02 Å². The lowest BCUT2D eigenvalue weighted by molar-refractivity contribution is -0.114. The van der Waals surface area contributed by atoms with Gasteiger partial charge in [0.25, 0.3) is 0 Å². The van der Waals surface area contributed by atoms with E-state index in [0.717, 1.165) is 55.7 Å². The van der Waals surface area contributed by atoms with E-state index in [9.17, 15) is 9.59 Å². The molecule has 2 aliphatic carbocycles. The average Bonchev–Trinajstić information content (AvgIpc) is 3.08. The first kappa shape index (κ1) is 41.1. The minimum absolute atomic E-state index is 0.0773. The third-order valence-electron chi connectivity index (χ3n) is 9.55. The number of halogens is 1. The summed E-state index contributed by atoms with van der Waals surface area (Å²) in [7, 11) is 0. The number of carbonyl (C=O) groups is 2. The van der Waals surface area contributed by atoms with Crippen molar-refractivity contribution in [3.63, 3.8) is 0 Å². The van der Waals surface area contributed by atoms with Gasteiger partial charge in [-0.05, 0) is 104 Å². The molecule has 5 rings (SSSR count). The Balaban J connectivity index is 1.47. The average molecular weight is 753 g/mol. The van der Waals surface area contributed by atoms with E-state index in [1.54, 1.807) is 12.4 Å². The van der Waals surface area contributed by atoms with Crippen LogP contribution in [0.3, 0.4) is 0 Å². The molecule has 7 heteroatoms. The van der Waals surface area contributed by atoms with E-state index in [1.807, 2.05) is 120 Å². The third kappa shape index (κ3) is 9.79. The lowest BCUT2D eigenvalue weighted by Crippen LogP contribution is -2.27. The van der Waals surface area contributed by atoms with E-state index in [4.69, 9.17) is 11.6 Å². The molecule has 0 aliphatic heterocycles. The van der Waals surface area contributed by atoms with E-state index in [-0.39, 0.29) is 33.2 Å². The van der Waals surface area contributed by atoms with Gasteiger partial charge in [0.2, 0.25) is 0 Å². The Hall–Kier alpha value is -5.07. The molecule has 0 atom stereocenters. The number of hydrogen-bond donors (Lipinski definition) is 0. The smallest absolute Gasteiger partial charge is 0.186 e. The second-order valence-electron chi connectivity index (χ2n) is 18.3. The molecule has 284 valence electrons. The first-order chi connectivity index (χ1) is 25.5. The quantitative estimate of drug-likeness (QED) is 0.235. The zero-order valence-electron chi connectivity index (χ0n) is 34.3. The summed E-state index contributed by atoms with van der Waals surface area (Å²) in [5.41, 5.74) is 8.57. The Morgan fingerprint density at radius 1 is 0.491 bits per heavy atom. The van der Waals surface area contributed by atoms with Gasteiger partial charge in [0.1, 0.15) is 5.69 Å². The van der Waals surface area contributed by atoms with Gasteiger partial charge in [-0.25, -0.2) is 0 Å². The predicted molar refractivity (Wildman–Crippen MR) is 228 cm³/mol. The van der Waals surface area contributed by atoms with Crippen molar-refractivity contribution in [1.29, 1.82) is 0 Å². The van der Waals surface area contributed by atoms with Gasteiger partial charge in [-0.2, -0.15) is 15.3 Å². The van der Waals surface area contributed by atoms with E-state index < -0.39 is 0 Å². The van der Waals surface area contributed by atoms with Gasteiger partial charge in [-0.15, -0.1) is 5.11 Å². The van der Waals surface area contributed by atoms with Gasteiger partial charge in [-0.3, -0.25) is 9.59 Å². The fraction of sp³-hybridized carbons (Fsp3) is 0.333. The number of allylic oxidation sites excluding steroid dienone is 10. The molecule has 0 heterocycles. The lowest BCUT2D eigenvalue weighted by Gasteiger charge is -2.31. The number of nitrogens with zero attached hydrogens (tertiary/aromatic N) is 4. The summed E-state index contributed by atoms with van der Waals surface area (Å²) in [5.74, 6) is 0.164. The number of hydrogen-bond acceptors (Lipinski definition) is 6. The van der Waals surface area contributed by atoms with Gasteiger partial charge < -0.3 is 0 Å². The maximum Gasteiger partial charge on any atom is 0.186 e. The van der Waals surface area contributed by atoms with E-state index in [1.165, 1.54) is 0 Å². The molecule has 3 aromatic rings. The summed E-state index contributed by atoms with van der Waals surface area (Å²) in [6, 6.07) is 21.8. The van der Waals surface area contributed by atoms with Crippen LogP contribution >= 0.6 is 11.6 Å². The van der Waals surface area contributed by atoms with Crippen molar-refractivity contribution >= 4 is 34.5 Å². The molecule has 0 saturated heterocycles. The highest BCUT2D eigenvalue weighted by molar-refractivity contribution is 6.33. The van der Waals surface area contributed by atoms with Crippen LogP contribution in [-0.2, 0) is 9.59 Å². The summed E-state index contributed by atoms with van der Waals surface area (Å²) in [4.78, 5) is 26.7. The van der Waals surface area contributed by atoms with Crippen LogP contribution in [0.25, 0.3) is 22.3 Å². The summed E-state index contributed by atoms with van der Waals surface area (Å²) in [5, 5.41) is 18.3. The highest BCUT2D eigenvalue weighted by atomic mass is 35.5. The van der Waals surface area contributed by atoms with E-state index in [2.05, 4.69) is 74.1 Å². The number of Topliss-reactive ketones (excluding diaryl/α,β-unsaturated/α-hetero) is 2. The predicted octanol–water partition coefficient (Wildman–Crippen LogP) is 14.7. The van der Waals surface area contributed by atoms with Gasteiger partial charge in [0.15, 0.2) is 11.6 Å². The summed E-state index contributed by atoms with van der Waals surface area (Å²) >= 11 is 6.83. The van der Waals surface area contributed by atoms with Crippen molar-refractivity contribution in [2.24, 2.45) is 42.1 Å². The molecule has 0 radical (unpaired) electrons. The fourth-order valence-electron chi connectivity index (χ4n) is 6.46. The fourth-order valence-corrected chi connectivity index (χ4v) is 6.68. The first-order valence-corrected chi connectivity index (χ1v) is 19.1. The summed E-state index contributed by atoms with van der Waals surface area (Å²) in [6.07, 6.45) is 11.1. The van der Waals surface area contributed by atoms with Gasteiger partial charge >= 0.3 is 0 Å². The highest BCUT2D eigenvalue weighted by Gasteiger charge is 2.35. The largest absolute Gasteiger partial charge is 0.289 e. The summed E-state index contributed by atoms with van der Waals surface area (Å²) < 4.78 is 0. The molecule has 3 aromatic carbocycles. The molecule has 2 aliphatic rings. The SMILES string of the molecule is CC(C)(C)C1=CC(=CN=Nc2ccc(-c3ccc(N=NC=C4C=C(C(C)(C)C)C(=O)C(C(C)(C)C)=C4)c(Cl)c3)c(-c3ccccc3)c2)C=C(C(C)(C)C)C1=O. The van der Waals surface area contributed by atoms with Crippen LogP contribution < -0.4 is 0 Å². The second kappa shape index (κ2) is 15.6. The van der Waals surface area contributed by atoms with Crippen molar-refractivity contribution in [3.05, 3.63) is 142 Å². The maximum absolute atomic E-state index is 13.4. The number of ketones is 2. The Morgan fingerprint density at radius 2 is 0.945 bits per heavy atom. The Bertz CT molecular complexity index is 2200. The molecule has 0 amide bonds. The van der Waals surface area contributed by atoms with Crippen LogP contribution in [-0.4, -0.2) is 11.6 Å². The van der Waals surface area contributed by atoms with Crippen LogP contribution in [0.5, 0.6) is 0 Å². The molecule has 0 aromatic heterocycles. The van der Waals surface area contributed by atoms with Crippen molar-refractivity contribution < 1.29 is 9.59 Å². The van der Waals surface area contributed by atoms with Gasteiger partial charge in [-0.1, -0.05) is 137 Å². The molecule has 55 heavy (non-hydrogen) atoms. The minimum atomic E-state index is -0.311. The zero-order valence-corrected chi connectivity index (χ0v) is 35.1. The molecule has 6 nitrogen and oxygen atoms in total. The number of benzene rings is 3. The molecule has 0 unspecified atom stereocenters. The van der Waals surface area contributed by atoms with Crippen molar-refractivity contribution in [3.8, 4) is 22.3 Å². The molecular weight excluding hydrogens is 700 g/mol. The Labute approximate surface area is 332 Å². The van der Waals surface area contributed by atoms with Crippen molar-refractivity contribution in [1.82, 2.24) is 0 Å². The van der Waals surface area contributed by atoms with E-state index in [0.29, 0.717) is 16.4 Å². The van der Waals surface area contributed by atoms with Crippen LogP contribution in [0, 0.1) is 21.7 Å². The lowest BCUT2D eigenvalue weighted by atomic mass is 9.72. The molecule has 0 spiro atoms. The third-order valence-corrected chi connectivity index (χ3v) is 9.86. The molecule has 0 saturated carbocycles. The van der Waals surface area contributed by atoms with Crippen molar-refractivity contribution in [2.75, 3.05) is 0 Å².